The second-order valence-electron chi connectivity index (χ2n) is 6.31. The molecule has 148 valence electrons. The molecule has 1 saturated carbocycles. The smallest absolute Gasteiger partial charge is 0.306 e. The first-order valence-corrected chi connectivity index (χ1v) is 9.58. The third-order valence-corrected chi connectivity index (χ3v) is 5.78. The molecule has 0 bridgehead atoms. The molecule has 12 heteroatoms. The van der Waals surface area contributed by atoms with Gasteiger partial charge in [-0.05, 0) is 18.8 Å². The molecular formula is C15H17N2O9S-. The van der Waals surface area contributed by atoms with Gasteiger partial charge in [0.25, 0.3) is 11.4 Å². The van der Waals surface area contributed by atoms with Crippen molar-refractivity contribution in [2.75, 3.05) is 0 Å². The highest BCUT2D eigenvalue weighted by Crippen LogP contribution is 2.32. The molecule has 1 fully saturated rings. The van der Waals surface area contributed by atoms with Crippen molar-refractivity contribution in [2.24, 2.45) is 5.92 Å². The predicted octanol–water partition coefficient (Wildman–Crippen LogP) is 2.04. The number of hydrogen-bond acceptors (Lipinski definition) is 9. The van der Waals surface area contributed by atoms with Gasteiger partial charge in [0, 0.05) is 24.1 Å². The van der Waals surface area contributed by atoms with E-state index in [0.29, 0.717) is 19.3 Å². The summed E-state index contributed by atoms with van der Waals surface area (Å²) in [4.78, 5) is 32.1. The summed E-state index contributed by atoms with van der Waals surface area (Å²) in [5, 5.41) is 20.6. The molecule has 0 aliphatic heterocycles. The fourth-order valence-corrected chi connectivity index (χ4v) is 4.33. The van der Waals surface area contributed by atoms with E-state index in [1.165, 1.54) is 0 Å². The molecule has 1 aromatic carbocycles. The molecule has 0 amide bonds. The average molecular weight is 401 g/mol. The Morgan fingerprint density at radius 3 is 2.15 bits per heavy atom. The Morgan fingerprint density at radius 2 is 1.63 bits per heavy atom. The summed E-state index contributed by atoms with van der Waals surface area (Å²) >= 11 is 0. The lowest BCUT2D eigenvalue weighted by atomic mass is 9.86. The van der Waals surface area contributed by atoms with Crippen LogP contribution in [0.1, 0.15) is 37.7 Å². The van der Waals surface area contributed by atoms with Crippen molar-refractivity contribution in [3.05, 3.63) is 44.0 Å². The highest BCUT2D eigenvalue weighted by Gasteiger charge is 2.32. The van der Waals surface area contributed by atoms with Crippen LogP contribution >= 0.6 is 0 Å². The molecule has 1 aliphatic carbocycles. The van der Waals surface area contributed by atoms with Crippen molar-refractivity contribution in [1.82, 2.24) is 0 Å². The number of benzene rings is 1. The fraction of sp³-hybridized carbons (Fsp3) is 0.533. The molecule has 0 unspecified atom stereocenters. The third kappa shape index (κ3) is 5.69. The Labute approximate surface area is 154 Å². The topological polar surface area (TPSA) is 170 Å². The Kier molecular flexibility index (Phi) is 6.44. The number of rotatable bonds is 7. The minimum absolute atomic E-state index is 0.0564. The summed E-state index contributed by atoms with van der Waals surface area (Å²) in [7, 11) is -4.53. The van der Waals surface area contributed by atoms with Crippen LogP contribution in [0.5, 0.6) is 0 Å². The van der Waals surface area contributed by atoms with Gasteiger partial charge in [0.05, 0.1) is 31.3 Å². The highest BCUT2D eigenvalue weighted by molar-refractivity contribution is 7.86. The van der Waals surface area contributed by atoms with E-state index in [4.69, 9.17) is 4.74 Å². The maximum Gasteiger partial charge on any atom is 0.306 e. The molecular weight excluding hydrogens is 384 g/mol. The summed E-state index contributed by atoms with van der Waals surface area (Å²) in [6.07, 6.45) is 1.61. The van der Waals surface area contributed by atoms with Gasteiger partial charge in [-0.25, -0.2) is 8.42 Å². The van der Waals surface area contributed by atoms with E-state index in [2.05, 4.69) is 0 Å². The number of carbonyl (C=O) groups excluding carboxylic acids is 1. The molecule has 27 heavy (non-hydrogen) atoms. The Hall–Kier alpha value is -2.60. The van der Waals surface area contributed by atoms with Gasteiger partial charge in [-0.1, -0.05) is 12.8 Å². The van der Waals surface area contributed by atoms with Crippen molar-refractivity contribution in [3.8, 4) is 0 Å². The first kappa shape index (κ1) is 20.7. The van der Waals surface area contributed by atoms with E-state index in [1.807, 2.05) is 0 Å². The fourth-order valence-electron chi connectivity index (χ4n) is 3.17. The number of nitro benzene ring substituents is 2. The molecule has 2 rings (SSSR count). The summed E-state index contributed by atoms with van der Waals surface area (Å²) < 4.78 is 39.0. The average Bonchev–Trinajstić information content (AvgIpc) is 2.59. The first-order valence-electron chi connectivity index (χ1n) is 8.11. The highest BCUT2D eigenvalue weighted by atomic mass is 32.2. The SMILES string of the molecule is O=C(C[C@H]1CCCC[C@@H]1S(=O)(=O)[O-])OCc1cc([N+](=O)[O-])cc([N+](=O)[O-])c1. The van der Waals surface area contributed by atoms with Crippen LogP contribution in [0.3, 0.4) is 0 Å². The van der Waals surface area contributed by atoms with Crippen LogP contribution in [-0.4, -0.2) is 34.0 Å². The number of esters is 1. The quantitative estimate of drug-likeness (QED) is 0.287. The Bertz CT molecular complexity index is 821. The molecule has 0 spiro atoms. The van der Waals surface area contributed by atoms with Gasteiger partial charge in [-0.15, -0.1) is 0 Å². The van der Waals surface area contributed by atoms with Crippen molar-refractivity contribution in [2.45, 2.75) is 44.0 Å². The van der Waals surface area contributed by atoms with E-state index in [0.717, 1.165) is 18.2 Å². The lowest BCUT2D eigenvalue weighted by Gasteiger charge is -2.32. The molecule has 0 saturated heterocycles. The molecule has 0 radical (unpaired) electrons. The molecule has 0 heterocycles. The van der Waals surface area contributed by atoms with Crippen LogP contribution < -0.4 is 0 Å². The van der Waals surface area contributed by atoms with E-state index < -0.39 is 55.1 Å². The van der Waals surface area contributed by atoms with Crippen LogP contribution in [0.15, 0.2) is 18.2 Å². The van der Waals surface area contributed by atoms with Crippen molar-refractivity contribution in [1.29, 1.82) is 0 Å². The van der Waals surface area contributed by atoms with Gasteiger partial charge in [0.2, 0.25) is 0 Å². The second kappa shape index (κ2) is 8.39. The van der Waals surface area contributed by atoms with Crippen LogP contribution in [0.25, 0.3) is 0 Å². The zero-order chi connectivity index (χ0) is 20.2. The summed E-state index contributed by atoms with van der Waals surface area (Å²) in [5.41, 5.74) is -0.971. The number of carbonyl (C=O) groups is 1. The summed E-state index contributed by atoms with van der Waals surface area (Å²) in [6, 6.07) is 2.88. The largest absolute Gasteiger partial charge is 0.748 e. The van der Waals surface area contributed by atoms with Gasteiger partial charge in [-0.2, -0.15) is 0 Å². The van der Waals surface area contributed by atoms with Crippen LogP contribution in [-0.2, 0) is 26.3 Å². The number of non-ortho nitro benzene ring substituents is 2. The minimum Gasteiger partial charge on any atom is -0.748 e. The lowest BCUT2D eigenvalue weighted by Crippen LogP contribution is -2.34. The standard InChI is InChI=1S/C15H18N2O9S/c18-15(7-11-3-1-2-4-14(11)27(23,24)25)26-9-10-5-12(16(19)20)8-13(6-10)17(21)22/h5-6,8,11,14H,1-4,7,9H2,(H,23,24,25)/p-1/t11-,14+/m1/s1. The third-order valence-electron chi connectivity index (χ3n) is 4.42. The van der Waals surface area contributed by atoms with E-state index in [1.54, 1.807) is 0 Å². The molecule has 11 nitrogen and oxygen atoms in total. The van der Waals surface area contributed by atoms with Crippen molar-refractivity contribution >= 4 is 27.5 Å². The van der Waals surface area contributed by atoms with E-state index in [-0.39, 0.29) is 18.4 Å². The maximum absolute atomic E-state index is 12.0. The van der Waals surface area contributed by atoms with Crippen molar-refractivity contribution < 1.29 is 32.3 Å². The molecule has 1 aliphatic rings. The van der Waals surface area contributed by atoms with E-state index in [9.17, 15) is 38.0 Å². The van der Waals surface area contributed by atoms with Crippen LogP contribution in [0, 0.1) is 26.1 Å². The van der Waals surface area contributed by atoms with Gasteiger partial charge in [0.1, 0.15) is 6.61 Å². The van der Waals surface area contributed by atoms with Crippen molar-refractivity contribution in [3.63, 3.8) is 0 Å². The summed E-state index contributed by atoms with van der Waals surface area (Å²) in [6.45, 7) is -0.442. The molecule has 0 N–H and O–H groups in total. The van der Waals surface area contributed by atoms with Gasteiger partial charge in [-0.3, -0.25) is 25.0 Å². The van der Waals surface area contributed by atoms with Gasteiger partial charge < -0.3 is 9.29 Å². The van der Waals surface area contributed by atoms with Crippen LogP contribution in [0.2, 0.25) is 0 Å². The number of nitro groups is 2. The zero-order valence-electron chi connectivity index (χ0n) is 14.1. The maximum atomic E-state index is 12.0. The molecule has 1 aromatic rings. The van der Waals surface area contributed by atoms with Crippen LogP contribution in [0.4, 0.5) is 11.4 Å². The number of hydrogen-bond donors (Lipinski definition) is 0. The summed E-state index contributed by atoms with van der Waals surface area (Å²) in [5.74, 6) is -1.42. The Balaban J connectivity index is 2.04. The monoisotopic (exact) mass is 401 g/mol. The van der Waals surface area contributed by atoms with Gasteiger partial charge >= 0.3 is 5.97 Å². The normalized spacial score (nSPS) is 20.0. The lowest BCUT2D eigenvalue weighted by molar-refractivity contribution is -0.394. The number of nitrogens with zero attached hydrogens (tertiary/aromatic N) is 2. The predicted molar refractivity (Wildman–Crippen MR) is 89.6 cm³/mol. The van der Waals surface area contributed by atoms with E-state index >= 15 is 0 Å². The Morgan fingerprint density at radius 1 is 1.07 bits per heavy atom. The second-order valence-corrected chi connectivity index (χ2v) is 7.90. The first-order chi connectivity index (χ1) is 12.6. The molecule has 2 atom stereocenters. The zero-order valence-corrected chi connectivity index (χ0v) is 14.9. The number of ether oxygens (including phenoxy) is 1. The van der Waals surface area contributed by atoms with Gasteiger partial charge in [0.15, 0.2) is 0 Å². The molecule has 0 aromatic heterocycles. The minimum atomic E-state index is -4.53.